The molecule has 0 bridgehead atoms. The lowest BCUT2D eigenvalue weighted by atomic mass is 10.0. The standard InChI is InChI=1S/C12H21NO4/c1-2-3-8(4-5-14)7-13-11(15)9-6-10(9)12(16)17/h8-10,14H,2-7H2,1H3,(H,13,15)(H,16,17)/t8?,9-,10+/m1/s1. The number of aliphatic hydroxyl groups excluding tert-OH is 1. The van der Waals surface area contributed by atoms with Crippen molar-refractivity contribution in [3.05, 3.63) is 0 Å². The molecule has 1 fully saturated rings. The Morgan fingerprint density at radius 1 is 1.35 bits per heavy atom. The molecule has 0 aromatic rings. The second-order valence-electron chi connectivity index (χ2n) is 4.70. The van der Waals surface area contributed by atoms with E-state index in [-0.39, 0.29) is 24.3 Å². The van der Waals surface area contributed by atoms with Crippen molar-refractivity contribution in [3.63, 3.8) is 0 Å². The number of nitrogens with one attached hydrogen (secondary N) is 1. The number of carbonyl (C=O) groups is 2. The molecule has 3 N–H and O–H groups in total. The van der Waals surface area contributed by atoms with Gasteiger partial charge in [0.25, 0.3) is 0 Å². The van der Waals surface area contributed by atoms with E-state index in [0.29, 0.717) is 19.4 Å². The molecule has 1 aliphatic rings. The molecule has 0 aliphatic heterocycles. The highest BCUT2D eigenvalue weighted by Crippen LogP contribution is 2.38. The minimum atomic E-state index is -0.884. The lowest BCUT2D eigenvalue weighted by Crippen LogP contribution is -2.31. The third kappa shape index (κ3) is 4.34. The van der Waals surface area contributed by atoms with Crippen LogP contribution in [0.4, 0.5) is 0 Å². The number of rotatable bonds is 8. The summed E-state index contributed by atoms with van der Waals surface area (Å²) in [4.78, 5) is 22.2. The number of amides is 1. The van der Waals surface area contributed by atoms with Gasteiger partial charge in [-0.3, -0.25) is 9.59 Å². The highest BCUT2D eigenvalue weighted by Gasteiger charge is 2.48. The van der Waals surface area contributed by atoms with Crippen molar-refractivity contribution < 1.29 is 19.8 Å². The molecule has 0 radical (unpaired) electrons. The van der Waals surface area contributed by atoms with Crippen molar-refractivity contribution in [3.8, 4) is 0 Å². The zero-order valence-electron chi connectivity index (χ0n) is 10.2. The molecule has 1 aliphatic carbocycles. The number of aliphatic carboxylic acids is 1. The molecule has 0 heterocycles. The summed E-state index contributed by atoms with van der Waals surface area (Å²) in [7, 11) is 0. The van der Waals surface area contributed by atoms with Gasteiger partial charge in [0.2, 0.25) is 5.91 Å². The molecule has 5 heteroatoms. The second-order valence-corrected chi connectivity index (χ2v) is 4.70. The Labute approximate surface area is 101 Å². The third-order valence-electron chi connectivity index (χ3n) is 3.24. The third-order valence-corrected chi connectivity index (χ3v) is 3.24. The van der Waals surface area contributed by atoms with E-state index in [2.05, 4.69) is 12.2 Å². The van der Waals surface area contributed by atoms with Crippen molar-refractivity contribution in [2.24, 2.45) is 17.8 Å². The van der Waals surface area contributed by atoms with Crippen LogP contribution in [0.5, 0.6) is 0 Å². The van der Waals surface area contributed by atoms with Crippen LogP contribution < -0.4 is 5.32 Å². The maximum absolute atomic E-state index is 11.6. The van der Waals surface area contributed by atoms with E-state index in [9.17, 15) is 9.59 Å². The molecule has 1 rings (SSSR count). The van der Waals surface area contributed by atoms with Gasteiger partial charge in [-0.25, -0.2) is 0 Å². The number of hydrogen-bond donors (Lipinski definition) is 3. The van der Waals surface area contributed by atoms with Crippen molar-refractivity contribution in [2.75, 3.05) is 13.2 Å². The van der Waals surface area contributed by atoms with Gasteiger partial charge in [0.1, 0.15) is 0 Å². The quantitative estimate of drug-likeness (QED) is 0.583. The van der Waals surface area contributed by atoms with E-state index in [1.165, 1.54) is 0 Å². The predicted octanol–water partition coefficient (Wildman–Crippen LogP) is 0.622. The first-order valence-corrected chi connectivity index (χ1v) is 6.21. The number of aliphatic hydroxyl groups is 1. The molecule has 1 amide bonds. The first kappa shape index (κ1) is 14.0. The van der Waals surface area contributed by atoms with Crippen LogP contribution in [0.15, 0.2) is 0 Å². The van der Waals surface area contributed by atoms with E-state index < -0.39 is 11.9 Å². The fourth-order valence-corrected chi connectivity index (χ4v) is 2.07. The van der Waals surface area contributed by atoms with E-state index >= 15 is 0 Å². The summed E-state index contributed by atoms with van der Waals surface area (Å²) in [6.45, 7) is 2.73. The molecule has 0 aromatic carbocycles. The molecule has 0 saturated heterocycles. The van der Waals surface area contributed by atoms with E-state index in [1.807, 2.05) is 0 Å². The van der Waals surface area contributed by atoms with Gasteiger partial charge in [0, 0.05) is 13.2 Å². The van der Waals surface area contributed by atoms with Crippen LogP contribution in [0, 0.1) is 17.8 Å². The molecule has 3 atom stereocenters. The van der Waals surface area contributed by atoms with Crippen LogP contribution in [0.25, 0.3) is 0 Å². The fourth-order valence-electron chi connectivity index (χ4n) is 2.07. The van der Waals surface area contributed by atoms with Gasteiger partial charge in [-0.15, -0.1) is 0 Å². The van der Waals surface area contributed by atoms with Crippen LogP contribution in [0.3, 0.4) is 0 Å². The van der Waals surface area contributed by atoms with Gasteiger partial charge in [0.15, 0.2) is 0 Å². The van der Waals surface area contributed by atoms with Crippen molar-refractivity contribution in [2.45, 2.75) is 32.6 Å². The normalized spacial score (nSPS) is 24.1. The summed E-state index contributed by atoms with van der Waals surface area (Å²) < 4.78 is 0. The molecular weight excluding hydrogens is 222 g/mol. The zero-order chi connectivity index (χ0) is 12.8. The molecule has 17 heavy (non-hydrogen) atoms. The van der Waals surface area contributed by atoms with Crippen LogP contribution in [0.1, 0.15) is 32.6 Å². The first-order valence-electron chi connectivity index (χ1n) is 6.21. The molecule has 1 unspecified atom stereocenters. The van der Waals surface area contributed by atoms with Gasteiger partial charge >= 0.3 is 5.97 Å². The van der Waals surface area contributed by atoms with Gasteiger partial charge in [-0.1, -0.05) is 13.3 Å². The van der Waals surface area contributed by atoms with Gasteiger partial charge in [-0.2, -0.15) is 0 Å². The lowest BCUT2D eigenvalue weighted by molar-refractivity contribution is -0.140. The summed E-state index contributed by atoms with van der Waals surface area (Å²) in [5, 5.41) is 20.4. The monoisotopic (exact) mass is 243 g/mol. The van der Waals surface area contributed by atoms with Gasteiger partial charge in [0.05, 0.1) is 11.8 Å². The molecule has 0 aromatic heterocycles. The number of carbonyl (C=O) groups excluding carboxylic acids is 1. The largest absolute Gasteiger partial charge is 0.481 e. The van der Waals surface area contributed by atoms with Crippen molar-refractivity contribution in [1.29, 1.82) is 0 Å². The maximum Gasteiger partial charge on any atom is 0.307 e. The van der Waals surface area contributed by atoms with Crippen molar-refractivity contribution in [1.82, 2.24) is 5.32 Å². The van der Waals surface area contributed by atoms with Crippen LogP contribution in [-0.2, 0) is 9.59 Å². The summed E-state index contributed by atoms with van der Waals surface area (Å²) in [5.41, 5.74) is 0. The average molecular weight is 243 g/mol. The Balaban J connectivity index is 2.25. The van der Waals surface area contributed by atoms with Gasteiger partial charge < -0.3 is 15.5 Å². The molecular formula is C12H21NO4. The average Bonchev–Trinajstić information content (AvgIpc) is 3.06. The van der Waals surface area contributed by atoms with Gasteiger partial charge in [-0.05, 0) is 25.2 Å². The Bertz CT molecular complexity index is 274. The summed E-state index contributed by atoms with van der Waals surface area (Å²) in [6.07, 6.45) is 3.12. The SMILES string of the molecule is CCCC(CCO)CNC(=O)[C@@H]1C[C@@H]1C(=O)O. The first-order chi connectivity index (χ1) is 8.10. The Morgan fingerprint density at radius 3 is 2.53 bits per heavy atom. The highest BCUT2D eigenvalue weighted by atomic mass is 16.4. The smallest absolute Gasteiger partial charge is 0.307 e. The Morgan fingerprint density at radius 2 is 2.06 bits per heavy atom. The van der Waals surface area contributed by atoms with Crippen LogP contribution >= 0.6 is 0 Å². The zero-order valence-corrected chi connectivity index (χ0v) is 10.2. The molecule has 0 spiro atoms. The predicted molar refractivity (Wildman–Crippen MR) is 62.3 cm³/mol. The summed E-state index contributed by atoms with van der Waals surface area (Å²) in [5.74, 6) is -1.58. The minimum absolute atomic E-state index is 0.127. The molecule has 98 valence electrons. The number of carboxylic acid groups (broad SMARTS) is 1. The summed E-state index contributed by atoms with van der Waals surface area (Å²) >= 11 is 0. The number of carboxylic acids is 1. The Hall–Kier alpha value is -1.10. The molecule has 1 saturated carbocycles. The van der Waals surface area contributed by atoms with Crippen LogP contribution in [0.2, 0.25) is 0 Å². The topological polar surface area (TPSA) is 86.6 Å². The van der Waals surface area contributed by atoms with Crippen LogP contribution in [-0.4, -0.2) is 35.2 Å². The maximum atomic E-state index is 11.6. The van der Waals surface area contributed by atoms with E-state index in [0.717, 1.165) is 12.8 Å². The minimum Gasteiger partial charge on any atom is -0.481 e. The van der Waals surface area contributed by atoms with E-state index in [4.69, 9.17) is 10.2 Å². The highest BCUT2D eigenvalue weighted by molar-refractivity contribution is 5.89. The van der Waals surface area contributed by atoms with E-state index in [1.54, 1.807) is 0 Å². The lowest BCUT2D eigenvalue weighted by Gasteiger charge is -2.15. The summed E-state index contributed by atoms with van der Waals surface area (Å²) in [6, 6.07) is 0. The fraction of sp³-hybridized carbons (Fsp3) is 0.833. The molecule has 5 nitrogen and oxygen atoms in total. The number of hydrogen-bond acceptors (Lipinski definition) is 3. The second kappa shape index (κ2) is 6.59. The Kier molecular flexibility index (Phi) is 5.41. The van der Waals surface area contributed by atoms with Crippen molar-refractivity contribution >= 4 is 11.9 Å².